The fourth-order valence-electron chi connectivity index (χ4n) is 1.66. The average molecular weight is 294 g/mol. The van der Waals surface area contributed by atoms with Gasteiger partial charge < -0.3 is 4.74 Å². The molecule has 0 bridgehead atoms. The SMILES string of the molecule is CC(C)n1ncc(NC(=O)OCc2ccccc2)c1Cl. The first kappa shape index (κ1) is 14.4. The van der Waals surface area contributed by atoms with Gasteiger partial charge in [-0.15, -0.1) is 0 Å². The van der Waals surface area contributed by atoms with E-state index < -0.39 is 6.09 Å². The van der Waals surface area contributed by atoms with E-state index in [1.54, 1.807) is 4.68 Å². The minimum absolute atomic E-state index is 0.124. The quantitative estimate of drug-likeness (QED) is 0.931. The van der Waals surface area contributed by atoms with Crippen LogP contribution < -0.4 is 5.32 Å². The molecular formula is C14H16ClN3O2. The lowest BCUT2D eigenvalue weighted by molar-refractivity contribution is 0.155. The van der Waals surface area contributed by atoms with Crippen molar-refractivity contribution < 1.29 is 9.53 Å². The van der Waals surface area contributed by atoms with Gasteiger partial charge in [-0.1, -0.05) is 41.9 Å². The summed E-state index contributed by atoms with van der Waals surface area (Å²) in [6.07, 6.45) is 0.950. The van der Waals surface area contributed by atoms with Gasteiger partial charge in [0.1, 0.15) is 12.3 Å². The second-order valence-corrected chi connectivity index (χ2v) is 4.93. The maximum absolute atomic E-state index is 11.7. The maximum atomic E-state index is 11.7. The van der Waals surface area contributed by atoms with E-state index in [9.17, 15) is 4.79 Å². The van der Waals surface area contributed by atoms with Crippen LogP contribution in [-0.2, 0) is 11.3 Å². The molecule has 6 heteroatoms. The number of carbonyl (C=O) groups excluding carboxylic acids is 1. The maximum Gasteiger partial charge on any atom is 0.412 e. The fraction of sp³-hybridized carbons (Fsp3) is 0.286. The third-order valence-electron chi connectivity index (χ3n) is 2.67. The highest BCUT2D eigenvalue weighted by Gasteiger charge is 2.13. The first-order chi connectivity index (χ1) is 9.58. The summed E-state index contributed by atoms with van der Waals surface area (Å²) in [6, 6.07) is 9.58. The normalized spacial score (nSPS) is 10.6. The molecule has 2 aromatic rings. The Labute approximate surface area is 122 Å². The molecule has 0 radical (unpaired) electrons. The second kappa shape index (κ2) is 6.43. The van der Waals surface area contributed by atoms with E-state index in [4.69, 9.17) is 16.3 Å². The van der Waals surface area contributed by atoms with Crippen molar-refractivity contribution >= 4 is 23.4 Å². The van der Waals surface area contributed by atoms with Crippen LogP contribution in [0.5, 0.6) is 0 Å². The van der Waals surface area contributed by atoms with E-state index in [1.165, 1.54) is 6.20 Å². The number of amides is 1. The van der Waals surface area contributed by atoms with Crippen LogP contribution in [0.2, 0.25) is 5.15 Å². The van der Waals surface area contributed by atoms with Gasteiger partial charge in [0, 0.05) is 6.04 Å². The van der Waals surface area contributed by atoms with Crippen molar-refractivity contribution in [2.75, 3.05) is 5.32 Å². The fourth-order valence-corrected chi connectivity index (χ4v) is 2.00. The van der Waals surface area contributed by atoms with Gasteiger partial charge in [-0.3, -0.25) is 5.32 Å². The predicted molar refractivity (Wildman–Crippen MR) is 77.9 cm³/mol. The van der Waals surface area contributed by atoms with Crippen molar-refractivity contribution in [1.29, 1.82) is 0 Å². The molecule has 0 fully saturated rings. The summed E-state index contributed by atoms with van der Waals surface area (Å²) in [5, 5.41) is 7.07. The van der Waals surface area contributed by atoms with Crippen molar-refractivity contribution in [3.63, 3.8) is 0 Å². The monoisotopic (exact) mass is 293 g/mol. The van der Waals surface area contributed by atoms with Gasteiger partial charge >= 0.3 is 6.09 Å². The number of hydrogen-bond donors (Lipinski definition) is 1. The zero-order valence-corrected chi connectivity index (χ0v) is 12.1. The highest BCUT2D eigenvalue weighted by molar-refractivity contribution is 6.32. The summed E-state index contributed by atoms with van der Waals surface area (Å²) in [4.78, 5) is 11.7. The van der Waals surface area contributed by atoms with E-state index in [1.807, 2.05) is 44.2 Å². The molecule has 0 aliphatic heterocycles. The number of hydrogen-bond acceptors (Lipinski definition) is 3. The average Bonchev–Trinajstić information content (AvgIpc) is 2.79. The lowest BCUT2D eigenvalue weighted by atomic mass is 10.2. The standard InChI is InChI=1S/C14H16ClN3O2/c1-10(2)18-13(15)12(8-16-18)17-14(19)20-9-11-6-4-3-5-7-11/h3-8,10H,9H2,1-2H3,(H,17,19). The molecule has 0 saturated heterocycles. The molecule has 1 N–H and O–H groups in total. The van der Waals surface area contributed by atoms with Crippen LogP contribution in [0.1, 0.15) is 25.5 Å². The summed E-state index contributed by atoms with van der Waals surface area (Å²) < 4.78 is 6.73. The molecule has 2 rings (SSSR count). The molecular weight excluding hydrogens is 278 g/mol. The third kappa shape index (κ3) is 3.51. The number of carbonyl (C=O) groups is 1. The summed E-state index contributed by atoms with van der Waals surface area (Å²) in [5.74, 6) is 0. The van der Waals surface area contributed by atoms with Crippen LogP contribution in [0.25, 0.3) is 0 Å². The number of ether oxygens (including phenoxy) is 1. The Hall–Kier alpha value is -2.01. The molecule has 1 aromatic heterocycles. The third-order valence-corrected chi connectivity index (χ3v) is 3.05. The Balaban J connectivity index is 1.92. The molecule has 20 heavy (non-hydrogen) atoms. The first-order valence-electron chi connectivity index (χ1n) is 6.28. The van der Waals surface area contributed by atoms with Crippen molar-refractivity contribution in [3.05, 3.63) is 47.2 Å². The van der Waals surface area contributed by atoms with E-state index in [0.717, 1.165) is 5.56 Å². The zero-order chi connectivity index (χ0) is 14.5. The van der Waals surface area contributed by atoms with Crippen LogP contribution in [0.15, 0.2) is 36.5 Å². The number of halogens is 1. The summed E-state index contributed by atoms with van der Waals surface area (Å²) in [5.41, 5.74) is 1.37. The second-order valence-electron chi connectivity index (χ2n) is 4.57. The number of aromatic nitrogens is 2. The number of nitrogens with one attached hydrogen (secondary N) is 1. The lowest BCUT2D eigenvalue weighted by Gasteiger charge is -2.08. The minimum Gasteiger partial charge on any atom is -0.444 e. The molecule has 0 atom stereocenters. The van der Waals surface area contributed by atoms with E-state index in [-0.39, 0.29) is 12.6 Å². The Morgan fingerprint density at radius 1 is 1.40 bits per heavy atom. The minimum atomic E-state index is -0.556. The molecule has 0 aliphatic rings. The lowest BCUT2D eigenvalue weighted by Crippen LogP contribution is -2.13. The number of rotatable bonds is 4. The van der Waals surface area contributed by atoms with Gasteiger partial charge in [-0.05, 0) is 19.4 Å². The van der Waals surface area contributed by atoms with Gasteiger partial charge in [-0.2, -0.15) is 5.10 Å². The smallest absolute Gasteiger partial charge is 0.412 e. The Bertz CT molecular complexity index is 581. The summed E-state index contributed by atoms with van der Waals surface area (Å²) >= 11 is 6.11. The Morgan fingerprint density at radius 2 is 2.10 bits per heavy atom. The first-order valence-corrected chi connectivity index (χ1v) is 6.66. The predicted octanol–water partition coefficient (Wildman–Crippen LogP) is 3.87. The Kier molecular flexibility index (Phi) is 4.63. The number of benzene rings is 1. The largest absolute Gasteiger partial charge is 0.444 e. The van der Waals surface area contributed by atoms with Gasteiger partial charge in [0.15, 0.2) is 5.15 Å². The molecule has 1 aromatic carbocycles. The van der Waals surface area contributed by atoms with Gasteiger partial charge in [0.2, 0.25) is 0 Å². The van der Waals surface area contributed by atoms with E-state index >= 15 is 0 Å². The van der Waals surface area contributed by atoms with Gasteiger partial charge in [0.25, 0.3) is 0 Å². The topological polar surface area (TPSA) is 56.2 Å². The van der Waals surface area contributed by atoms with Crippen molar-refractivity contribution in [2.45, 2.75) is 26.5 Å². The highest BCUT2D eigenvalue weighted by Crippen LogP contribution is 2.24. The van der Waals surface area contributed by atoms with Crippen LogP contribution in [0.4, 0.5) is 10.5 Å². The molecule has 0 saturated carbocycles. The number of anilines is 1. The molecule has 106 valence electrons. The van der Waals surface area contributed by atoms with Crippen molar-refractivity contribution in [2.24, 2.45) is 0 Å². The van der Waals surface area contributed by atoms with E-state index in [2.05, 4.69) is 10.4 Å². The molecule has 5 nitrogen and oxygen atoms in total. The van der Waals surface area contributed by atoms with Gasteiger partial charge in [-0.25, -0.2) is 9.48 Å². The van der Waals surface area contributed by atoms with Crippen LogP contribution in [0, 0.1) is 0 Å². The van der Waals surface area contributed by atoms with Gasteiger partial charge in [0.05, 0.1) is 6.20 Å². The highest BCUT2D eigenvalue weighted by atomic mass is 35.5. The molecule has 1 heterocycles. The summed E-state index contributed by atoms with van der Waals surface area (Å²) in [7, 11) is 0. The molecule has 1 amide bonds. The van der Waals surface area contributed by atoms with Crippen LogP contribution in [-0.4, -0.2) is 15.9 Å². The summed E-state index contributed by atoms with van der Waals surface area (Å²) in [6.45, 7) is 4.12. The van der Waals surface area contributed by atoms with Crippen LogP contribution in [0.3, 0.4) is 0 Å². The Morgan fingerprint density at radius 3 is 2.70 bits per heavy atom. The van der Waals surface area contributed by atoms with E-state index in [0.29, 0.717) is 10.8 Å². The molecule has 0 spiro atoms. The van der Waals surface area contributed by atoms with Crippen molar-refractivity contribution in [1.82, 2.24) is 9.78 Å². The van der Waals surface area contributed by atoms with Crippen molar-refractivity contribution in [3.8, 4) is 0 Å². The number of nitrogens with zero attached hydrogens (tertiary/aromatic N) is 2. The van der Waals surface area contributed by atoms with Crippen LogP contribution >= 0.6 is 11.6 Å². The zero-order valence-electron chi connectivity index (χ0n) is 11.3. The molecule has 0 unspecified atom stereocenters. The molecule has 0 aliphatic carbocycles.